The van der Waals surface area contributed by atoms with Gasteiger partial charge in [-0.05, 0) is 43.9 Å². The van der Waals surface area contributed by atoms with Gasteiger partial charge in [-0.25, -0.2) is 9.78 Å². The smallest absolute Gasteiger partial charge is 0.331 e. The van der Waals surface area contributed by atoms with Gasteiger partial charge in [0.25, 0.3) is 5.91 Å². The molecule has 1 N–H and O–H groups in total. The van der Waals surface area contributed by atoms with Gasteiger partial charge in [-0.3, -0.25) is 4.79 Å². The van der Waals surface area contributed by atoms with Crippen molar-refractivity contribution >= 4 is 28.9 Å². The zero-order valence-corrected chi connectivity index (χ0v) is 15.9. The van der Waals surface area contributed by atoms with Crippen molar-refractivity contribution in [1.29, 1.82) is 0 Å². The first-order chi connectivity index (χ1) is 13.0. The monoisotopic (exact) mass is 366 g/mol. The number of fused-ring (bicyclic) bond motifs is 1. The summed E-state index contributed by atoms with van der Waals surface area (Å²) in [6.45, 7) is 3.75. The number of hydrogen-bond acceptors (Lipinski definition) is 4. The van der Waals surface area contributed by atoms with Crippen LogP contribution in [0.1, 0.15) is 45.2 Å². The predicted molar refractivity (Wildman–Crippen MR) is 106 cm³/mol. The minimum atomic E-state index is -0.819. The Kier molecular flexibility index (Phi) is 6.22. The molecule has 1 heterocycles. The normalized spacial score (nSPS) is 21.1. The van der Waals surface area contributed by atoms with E-state index >= 15 is 0 Å². The van der Waals surface area contributed by atoms with Gasteiger partial charge in [-0.2, -0.15) is 0 Å². The Balaban J connectivity index is 1.54. The Hall–Kier alpha value is -2.69. The first-order valence-electron chi connectivity index (χ1n) is 9.58. The van der Waals surface area contributed by atoms with Gasteiger partial charge in [0, 0.05) is 17.5 Å². The molecule has 0 bridgehead atoms. The molecule has 1 aliphatic rings. The number of nitrogens with one attached hydrogen (secondary N) is 1. The molecule has 0 radical (unpaired) electrons. The summed E-state index contributed by atoms with van der Waals surface area (Å²) in [5.74, 6) is -0.326. The van der Waals surface area contributed by atoms with Crippen molar-refractivity contribution in [2.45, 2.75) is 51.7 Å². The second-order valence-corrected chi connectivity index (χ2v) is 7.22. The summed E-state index contributed by atoms with van der Waals surface area (Å²) in [5, 5.41) is 4.06. The number of ether oxygens (including phenoxy) is 1. The van der Waals surface area contributed by atoms with Crippen molar-refractivity contribution < 1.29 is 14.3 Å². The van der Waals surface area contributed by atoms with E-state index in [1.54, 1.807) is 13.0 Å². The van der Waals surface area contributed by atoms with Gasteiger partial charge < -0.3 is 10.1 Å². The minimum Gasteiger partial charge on any atom is -0.449 e. The zero-order valence-electron chi connectivity index (χ0n) is 15.9. The van der Waals surface area contributed by atoms with Crippen molar-refractivity contribution in [3.8, 4) is 0 Å². The van der Waals surface area contributed by atoms with Gasteiger partial charge in [0.1, 0.15) is 0 Å². The second kappa shape index (κ2) is 8.80. The lowest BCUT2D eigenvalue weighted by atomic mass is 9.86. The van der Waals surface area contributed by atoms with Crippen LogP contribution in [-0.4, -0.2) is 29.0 Å². The van der Waals surface area contributed by atoms with Crippen molar-refractivity contribution in [3.05, 3.63) is 48.2 Å². The van der Waals surface area contributed by atoms with Crippen LogP contribution in [0.3, 0.4) is 0 Å². The van der Waals surface area contributed by atoms with Gasteiger partial charge in [0.15, 0.2) is 6.10 Å². The lowest BCUT2D eigenvalue weighted by Gasteiger charge is -2.30. The van der Waals surface area contributed by atoms with E-state index in [4.69, 9.17) is 4.74 Å². The van der Waals surface area contributed by atoms with Crippen LogP contribution < -0.4 is 5.32 Å². The van der Waals surface area contributed by atoms with Crippen molar-refractivity contribution in [2.75, 3.05) is 0 Å². The van der Waals surface area contributed by atoms with Crippen LogP contribution >= 0.6 is 0 Å². The average molecular weight is 366 g/mol. The standard InChI is InChI=1S/C22H26N2O3/c1-15-7-3-5-9-19(15)24-22(26)16(2)27-21(25)14-13-18-12-11-17-8-4-6-10-20(17)23-18/h4,6,8,10-16,19H,3,5,7,9H2,1-2H3,(H,24,26)/b14-13+/t15-,16+,19+/m0/s1. The molecule has 1 saturated carbocycles. The fraction of sp³-hybridized carbons (Fsp3) is 0.409. The number of pyridine rings is 1. The van der Waals surface area contributed by atoms with Crippen molar-refractivity contribution in [3.63, 3.8) is 0 Å². The molecular formula is C22H26N2O3. The van der Waals surface area contributed by atoms with Crippen molar-refractivity contribution in [2.24, 2.45) is 5.92 Å². The molecular weight excluding hydrogens is 340 g/mol. The van der Waals surface area contributed by atoms with Crippen LogP contribution in [0.15, 0.2) is 42.5 Å². The molecule has 3 rings (SSSR count). The summed E-state index contributed by atoms with van der Waals surface area (Å²) in [7, 11) is 0. The van der Waals surface area contributed by atoms with Gasteiger partial charge >= 0.3 is 5.97 Å². The van der Waals surface area contributed by atoms with Gasteiger partial charge in [-0.15, -0.1) is 0 Å². The van der Waals surface area contributed by atoms with Crippen LogP contribution in [0.25, 0.3) is 17.0 Å². The first kappa shape index (κ1) is 19.1. The number of para-hydroxylation sites is 1. The highest BCUT2D eigenvalue weighted by Crippen LogP contribution is 2.23. The molecule has 2 aromatic rings. The fourth-order valence-electron chi connectivity index (χ4n) is 3.43. The van der Waals surface area contributed by atoms with E-state index in [1.165, 1.54) is 12.5 Å². The molecule has 1 aromatic heterocycles. The molecule has 0 aliphatic heterocycles. The topological polar surface area (TPSA) is 68.3 Å². The Bertz CT molecular complexity index is 846. The SMILES string of the molecule is C[C@@H](OC(=O)/C=C/c1ccc2ccccc2n1)C(=O)N[C@@H]1CCCC[C@@H]1C. The molecule has 3 atom stereocenters. The summed E-state index contributed by atoms with van der Waals surface area (Å²) >= 11 is 0. The molecule has 5 nitrogen and oxygen atoms in total. The molecule has 5 heteroatoms. The maximum Gasteiger partial charge on any atom is 0.331 e. The molecule has 0 spiro atoms. The number of carbonyl (C=O) groups is 2. The number of nitrogens with zero attached hydrogens (tertiary/aromatic N) is 1. The van der Waals surface area contributed by atoms with E-state index in [2.05, 4.69) is 17.2 Å². The third-order valence-electron chi connectivity index (χ3n) is 5.11. The van der Waals surface area contributed by atoms with E-state index in [0.717, 1.165) is 30.2 Å². The molecule has 27 heavy (non-hydrogen) atoms. The van der Waals surface area contributed by atoms with E-state index < -0.39 is 12.1 Å². The fourth-order valence-corrected chi connectivity index (χ4v) is 3.43. The zero-order chi connectivity index (χ0) is 19.2. The Labute approximate surface area is 159 Å². The molecule has 1 amide bonds. The van der Waals surface area contributed by atoms with Gasteiger partial charge in [-0.1, -0.05) is 44.0 Å². The summed E-state index contributed by atoms with van der Waals surface area (Å²) in [6.07, 6.45) is 6.55. The third kappa shape index (κ3) is 5.16. The van der Waals surface area contributed by atoms with E-state index in [-0.39, 0.29) is 11.9 Å². The Morgan fingerprint density at radius 2 is 1.96 bits per heavy atom. The number of rotatable bonds is 5. The number of aromatic nitrogens is 1. The third-order valence-corrected chi connectivity index (χ3v) is 5.11. The first-order valence-corrected chi connectivity index (χ1v) is 9.58. The molecule has 142 valence electrons. The number of amides is 1. The molecule has 0 unspecified atom stereocenters. The number of esters is 1. The molecule has 1 fully saturated rings. The average Bonchev–Trinajstić information content (AvgIpc) is 2.68. The second-order valence-electron chi connectivity index (χ2n) is 7.22. The number of benzene rings is 1. The highest BCUT2D eigenvalue weighted by atomic mass is 16.5. The lowest BCUT2D eigenvalue weighted by molar-refractivity contribution is -0.150. The van der Waals surface area contributed by atoms with Crippen LogP contribution in [0, 0.1) is 5.92 Å². The molecule has 1 aliphatic carbocycles. The Morgan fingerprint density at radius 1 is 1.19 bits per heavy atom. The highest BCUT2D eigenvalue weighted by Gasteiger charge is 2.25. The van der Waals surface area contributed by atoms with Gasteiger partial charge in [0.05, 0.1) is 11.2 Å². The summed E-state index contributed by atoms with van der Waals surface area (Å²) in [4.78, 5) is 28.8. The van der Waals surface area contributed by atoms with Crippen LogP contribution in [-0.2, 0) is 14.3 Å². The largest absolute Gasteiger partial charge is 0.449 e. The van der Waals surface area contributed by atoms with Gasteiger partial charge in [0.2, 0.25) is 0 Å². The number of hydrogen-bond donors (Lipinski definition) is 1. The maximum atomic E-state index is 12.3. The summed E-state index contributed by atoms with van der Waals surface area (Å²) in [6, 6.07) is 11.7. The molecule has 0 saturated heterocycles. The molecule has 1 aromatic carbocycles. The van der Waals surface area contributed by atoms with E-state index in [1.807, 2.05) is 36.4 Å². The van der Waals surface area contributed by atoms with Crippen LogP contribution in [0.2, 0.25) is 0 Å². The van der Waals surface area contributed by atoms with E-state index in [9.17, 15) is 9.59 Å². The van der Waals surface area contributed by atoms with Crippen molar-refractivity contribution in [1.82, 2.24) is 10.3 Å². The van der Waals surface area contributed by atoms with Crippen LogP contribution in [0.4, 0.5) is 0 Å². The predicted octanol–water partition coefficient (Wildman–Crippen LogP) is 3.87. The maximum absolute atomic E-state index is 12.3. The summed E-state index contributed by atoms with van der Waals surface area (Å²) < 4.78 is 5.23. The van der Waals surface area contributed by atoms with Crippen LogP contribution in [0.5, 0.6) is 0 Å². The number of carbonyl (C=O) groups excluding carboxylic acids is 2. The highest BCUT2D eigenvalue weighted by molar-refractivity contribution is 5.90. The lowest BCUT2D eigenvalue weighted by Crippen LogP contribution is -2.45. The quantitative estimate of drug-likeness (QED) is 0.644. The minimum absolute atomic E-state index is 0.171. The van der Waals surface area contributed by atoms with E-state index in [0.29, 0.717) is 11.6 Å². The summed E-state index contributed by atoms with van der Waals surface area (Å²) in [5.41, 5.74) is 1.53. The Morgan fingerprint density at radius 3 is 2.78 bits per heavy atom.